The van der Waals surface area contributed by atoms with E-state index in [0.717, 1.165) is 0 Å². The summed E-state index contributed by atoms with van der Waals surface area (Å²) in [5.41, 5.74) is 44.4. The Bertz CT molecular complexity index is 1930. The zero-order chi connectivity index (χ0) is 82.8. The molecule has 0 fully saturated rings. The summed E-state index contributed by atoms with van der Waals surface area (Å²) in [7, 11) is 0. The van der Waals surface area contributed by atoms with E-state index in [4.69, 9.17) is 112 Å². The molecular formula is C70H149N21O22. The van der Waals surface area contributed by atoms with Gasteiger partial charge < -0.3 is 149 Å². The van der Waals surface area contributed by atoms with Crippen molar-refractivity contribution in [3.05, 3.63) is 0 Å². The van der Waals surface area contributed by atoms with Crippen molar-refractivity contribution in [3.8, 4) is 0 Å². The highest BCUT2D eigenvalue weighted by atomic mass is 16.5. The van der Waals surface area contributed by atoms with Crippen molar-refractivity contribution in [1.82, 2.24) is 66.2 Å². The molecule has 0 radical (unpaired) electrons. The van der Waals surface area contributed by atoms with Crippen LogP contribution in [0.5, 0.6) is 0 Å². The molecule has 43 heteroatoms. The fourth-order valence-corrected chi connectivity index (χ4v) is 10.0. The lowest BCUT2D eigenvalue weighted by Gasteiger charge is -2.23. The average Bonchev–Trinajstić information content (AvgIpc) is 0.981. The van der Waals surface area contributed by atoms with E-state index in [2.05, 4.69) is 31.9 Å². The summed E-state index contributed by atoms with van der Waals surface area (Å²) in [6.07, 6.45) is 0. The fraction of sp³-hybridized carbons (Fsp3) is 0.900. The second-order valence-electron chi connectivity index (χ2n) is 25.3. The molecule has 0 saturated carbocycles. The molecule has 23 N–H and O–H groups in total. The van der Waals surface area contributed by atoms with Gasteiger partial charge in [-0.3, -0.25) is 67.9 Å². The SMILES string of the molecule is NCCOCCN(CCOCCN)CC(=O)NCCOCCN(CCOCCNC(=O)CN(CCOCCN)CCOCCN)CC(=O)NCCOCCN(CCOCCNC(=O)CN(CCOCCNC(=O)CN(CCOCCN)CCOCCN)CCOCCNC(=O)CN(CCOCCN)CCOCCN)CC(=O)O. The van der Waals surface area contributed by atoms with Gasteiger partial charge in [0.05, 0.1) is 231 Å². The van der Waals surface area contributed by atoms with Crippen molar-refractivity contribution < 1.29 is 105 Å². The molecular weight excluding hydrogens is 1490 g/mol. The van der Waals surface area contributed by atoms with Crippen LogP contribution in [0.2, 0.25) is 0 Å². The highest BCUT2D eigenvalue weighted by Crippen LogP contribution is 1.99. The van der Waals surface area contributed by atoms with E-state index in [0.29, 0.717) is 237 Å². The first kappa shape index (κ1) is 108. The lowest BCUT2D eigenvalue weighted by molar-refractivity contribution is -0.139. The van der Waals surface area contributed by atoms with Crippen LogP contribution in [0.3, 0.4) is 0 Å². The molecule has 0 heterocycles. The normalized spacial score (nSPS) is 11.7. The van der Waals surface area contributed by atoms with Crippen LogP contribution in [0.4, 0.5) is 0 Å². The number of nitrogens with zero attached hydrogens (tertiary/aromatic N) is 7. The molecule has 0 bridgehead atoms. The number of hydrogen-bond donors (Lipinski definition) is 15. The second-order valence-corrected chi connectivity index (χ2v) is 25.3. The second kappa shape index (κ2) is 83.6. The van der Waals surface area contributed by atoms with Crippen molar-refractivity contribution in [2.45, 2.75) is 0 Å². The summed E-state index contributed by atoms with van der Waals surface area (Å²) < 4.78 is 79.2. The number of carbonyl (C=O) groups excluding carboxylic acids is 6. The Morgan fingerprint density at radius 1 is 0.186 bits per heavy atom. The number of ether oxygens (including phenoxy) is 14. The monoisotopic (exact) mass is 1640 g/mol. The zero-order valence-corrected chi connectivity index (χ0v) is 67.8. The number of aliphatic carboxylic acids is 1. The van der Waals surface area contributed by atoms with E-state index in [1.165, 1.54) is 0 Å². The Kier molecular flexibility index (Phi) is 80.0. The molecule has 0 atom stereocenters. The quantitative estimate of drug-likeness (QED) is 0.0251. The topological polar surface area (TPSA) is 572 Å². The smallest absolute Gasteiger partial charge is 0.317 e. The maximum absolute atomic E-state index is 13.3. The summed E-state index contributed by atoms with van der Waals surface area (Å²) in [6, 6.07) is 0. The largest absolute Gasteiger partial charge is 0.480 e. The highest BCUT2D eigenvalue weighted by Gasteiger charge is 2.19. The summed E-state index contributed by atoms with van der Waals surface area (Å²) in [6.45, 7) is 20.0. The summed E-state index contributed by atoms with van der Waals surface area (Å²) in [4.78, 5) is 103. The van der Waals surface area contributed by atoms with Gasteiger partial charge >= 0.3 is 5.97 Å². The summed E-state index contributed by atoms with van der Waals surface area (Å²) in [5.74, 6) is -2.36. The molecule has 0 unspecified atom stereocenters. The third-order valence-electron chi connectivity index (χ3n) is 15.8. The van der Waals surface area contributed by atoms with Gasteiger partial charge in [0.25, 0.3) is 0 Å². The van der Waals surface area contributed by atoms with Crippen LogP contribution in [0.25, 0.3) is 0 Å². The molecule has 6 amide bonds. The van der Waals surface area contributed by atoms with E-state index in [1.54, 1.807) is 4.90 Å². The van der Waals surface area contributed by atoms with E-state index >= 15 is 0 Å². The Labute approximate surface area is 670 Å². The van der Waals surface area contributed by atoms with Crippen molar-refractivity contribution >= 4 is 41.4 Å². The highest BCUT2D eigenvalue weighted by molar-refractivity contribution is 5.80. The molecule has 0 aliphatic carbocycles. The van der Waals surface area contributed by atoms with Gasteiger partial charge in [0.15, 0.2) is 0 Å². The number of rotatable bonds is 90. The molecule has 0 spiro atoms. The Morgan fingerprint density at radius 2 is 0.301 bits per heavy atom. The van der Waals surface area contributed by atoms with Gasteiger partial charge in [0.1, 0.15) is 0 Å². The molecule has 0 saturated heterocycles. The lowest BCUT2D eigenvalue weighted by atomic mass is 10.4. The molecule has 43 nitrogen and oxygen atoms in total. The molecule has 0 aromatic rings. The first-order chi connectivity index (χ1) is 55.2. The van der Waals surface area contributed by atoms with Crippen LogP contribution in [-0.2, 0) is 99.9 Å². The third kappa shape index (κ3) is 75.6. The number of hydrogen-bond acceptors (Lipinski definition) is 36. The van der Waals surface area contributed by atoms with Gasteiger partial charge in [-0.1, -0.05) is 0 Å². The van der Waals surface area contributed by atoms with Gasteiger partial charge in [-0.2, -0.15) is 0 Å². The van der Waals surface area contributed by atoms with Gasteiger partial charge in [0, 0.05) is 183 Å². The third-order valence-corrected chi connectivity index (χ3v) is 15.8. The number of carbonyl (C=O) groups is 7. The van der Waals surface area contributed by atoms with E-state index in [9.17, 15) is 38.7 Å². The molecule has 0 aromatic heterocycles. The van der Waals surface area contributed by atoms with Crippen molar-refractivity contribution in [3.63, 3.8) is 0 Å². The number of carboxylic acids is 1. The van der Waals surface area contributed by atoms with Crippen LogP contribution in [0.15, 0.2) is 0 Å². The minimum absolute atomic E-state index is 0.00116. The van der Waals surface area contributed by atoms with Gasteiger partial charge in [-0.15, -0.1) is 0 Å². The molecule has 113 heavy (non-hydrogen) atoms. The number of nitrogens with two attached hydrogens (primary N) is 8. The standard InChI is InChI=1S/C70H149N21O22/c71-1-29-100-43-15-85(16-44-101-30-2-72)57-64(92)79-9-37-108-51-23-89(24-52-109-38-10-80-65(93)58-86(17-45-102-31-3-73)18-46-103-32-4-74)61-68(96)83-13-41-112-55-27-91(63-70(98)99)28-56-113-42-14-84-69(97)62-90(25-53-110-39-11-81-66(94)59-87(19-47-104-33-5-75)20-48-105-34-6-76)26-54-111-40-12-82-67(95)60-88(21-49-106-35-7-77)22-50-107-36-8-78/h1-63,71-78H2,(H,79,92)(H,80,93)(H,81,94)(H,82,95)(H,83,96)(H,84,97)(H,98,99). The van der Waals surface area contributed by atoms with Gasteiger partial charge in [-0.25, -0.2) is 0 Å². The van der Waals surface area contributed by atoms with Crippen LogP contribution in [0.1, 0.15) is 0 Å². The molecule has 0 rings (SSSR count). The number of carboxylic acid groups (broad SMARTS) is 1. The average molecular weight is 1640 g/mol. The maximum atomic E-state index is 13.3. The molecule has 0 aliphatic heterocycles. The Hall–Kier alpha value is -4.87. The van der Waals surface area contributed by atoms with Crippen LogP contribution >= 0.6 is 0 Å². The first-order valence-electron chi connectivity index (χ1n) is 39.7. The number of amides is 6. The maximum Gasteiger partial charge on any atom is 0.317 e. The molecule has 0 aromatic carbocycles. The molecule has 666 valence electrons. The van der Waals surface area contributed by atoms with Gasteiger partial charge in [-0.05, 0) is 0 Å². The minimum Gasteiger partial charge on any atom is -0.480 e. The van der Waals surface area contributed by atoms with Crippen molar-refractivity contribution in [2.24, 2.45) is 45.9 Å². The van der Waals surface area contributed by atoms with E-state index in [-0.39, 0.29) is 213 Å². The van der Waals surface area contributed by atoms with Gasteiger partial charge in [0.2, 0.25) is 35.4 Å². The lowest BCUT2D eigenvalue weighted by Crippen LogP contribution is -2.43. The first-order valence-corrected chi connectivity index (χ1v) is 39.7. The molecule has 0 aliphatic rings. The number of nitrogens with one attached hydrogen (secondary N) is 6. The minimum atomic E-state index is -1.04. The van der Waals surface area contributed by atoms with E-state index in [1.807, 2.05) is 29.4 Å². The van der Waals surface area contributed by atoms with E-state index < -0.39 is 5.97 Å². The Morgan fingerprint density at radius 3 is 0.416 bits per heavy atom. The van der Waals surface area contributed by atoms with Crippen LogP contribution < -0.4 is 77.8 Å². The fourth-order valence-electron chi connectivity index (χ4n) is 10.0. The van der Waals surface area contributed by atoms with Crippen LogP contribution in [0, 0.1) is 0 Å². The zero-order valence-electron chi connectivity index (χ0n) is 67.8. The predicted octanol–water partition coefficient (Wildman–Crippen LogP) is -11.2. The summed E-state index contributed by atoms with van der Waals surface area (Å²) >= 11 is 0. The predicted molar refractivity (Wildman–Crippen MR) is 425 cm³/mol. The van der Waals surface area contributed by atoms with Crippen LogP contribution in [-0.4, -0.2) is 495 Å². The van der Waals surface area contributed by atoms with Crippen molar-refractivity contribution in [1.29, 1.82) is 0 Å². The van der Waals surface area contributed by atoms with Crippen molar-refractivity contribution in [2.75, 3.05) is 414 Å². The Balaban J connectivity index is 5.46. The summed E-state index contributed by atoms with van der Waals surface area (Å²) in [5, 5.41) is 27.0.